The summed E-state index contributed by atoms with van der Waals surface area (Å²) in [5.74, 6) is -0.261. The zero-order chi connectivity index (χ0) is 15.2. The molecule has 0 aromatic carbocycles. The summed E-state index contributed by atoms with van der Waals surface area (Å²) in [6.07, 6.45) is 1.02. The average Bonchev–Trinajstić information content (AvgIpc) is 2.46. The van der Waals surface area contributed by atoms with Crippen molar-refractivity contribution in [3.63, 3.8) is 0 Å². The van der Waals surface area contributed by atoms with E-state index in [4.69, 9.17) is 9.84 Å². The molecule has 8 heteroatoms. The summed E-state index contributed by atoms with van der Waals surface area (Å²) in [6.45, 7) is 2.45. The monoisotopic (exact) mass is 308 g/mol. The maximum absolute atomic E-state index is 12.0. The number of ether oxygens (including phenoxy) is 1. The standard InChI is InChI=1S/C12H24N2O5S/c1-3-20(17,18)14-6-4-10(5-7-14)12(16)13-11(8-15)9-19-2/h10-11,15H,3-9H2,1-2H3,(H,13,16). The zero-order valence-electron chi connectivity index (χ0n) is 12.0. The van der Waals surface area contributed by atoms with Crippen LogP contribution in [-0.4, -0.2) is 68.9 Å². The Morgan fingerprint density at radius 1 is 1.45 bits per heavy atom. The highest BCUT2D eigenvalue weighted by Gasteiger charge is 2.30. The molecule has 0 spiro atoms. The number of nitrogens with one attached hydrogen (secondary N) is 1. The Balaban J connectivity index is 2.47. The summed E-state index contributed by atoms with van der Waals surface area (Å²) in [5.41, 5.74) is 0. The Morgan fingerprint density at radius 2 is 2.05 bits per heavy atom. The highest BCUT2D eigenvalue weighted by Crippen LogP contribution is 2.20. The summed E-state index contributed by atoms with van der Waals surface area (Å²) >= 11 is 0. The van der Waals surface area contributed by atoms with E-state index in [0.29, 0.717) is 25.9 Å². The molecule has 118 valence electrons. The number of aliphatic hydroxyl groups excluding tert-OH is 1. The van der Waals surface area contributed by atoms with E-state index >= 15 is 0 Å². The molecule has 0 aliphatic carbocycles. The lowest BCUT2D eigenvalue weighted by atomic mass is 9.97. The van der Waals surface area contributed by atoms with Gasteiger partial charge in [-0.25, -0.2) is 12.7 Å². The molecule has 1 aliphatic heterocycles. The number of sulfonamides is 1. The van der Waals surface area contributed by atoms with Crippen LogP contribution in [0.5, 0.6) is 0 Å². The molecule has 0 bridgehead atoms. The lowest BCUT2D eigenvalue weighted by molar-refractivity contribution is -0.127. The van der Waals surface area contributed by atoms with Crippen molar-refractivity contribution in [1.29, 1.82) is 0 Å². The van der Waals surface area contributed by atoms with Crippen LogP contribution in [0.25, 0.3) is 0 Å². The molecule has 2 N–H and O–H groups in total. The fraction of sp³-hybridized carbons (Fsp3) is 0.917. The molecule has 0 radical (unpaired) electrons. The fourth-order valence-corrected chi connectivity index (χ4v) is 3.37. The minimum absolute atomic E-state index is 0.0876. The quantitative estimate of drug-likeness (QED) is 0.640. The second-order valence-electron chi connectivity index (χ2n) is 4.92. The van der Waals surface area contributed by atoms with E-state index in [1.54, 1.807) is 6.92 Å². The predicted molar refractivity (Wildman–Crippen MR) is 74.7 cm³/mol. The van der Waals surface area contributed by atoms with Crippen molar-refractivity contribution in [2.24, 2.45) is 5.92 Å². The number of amides is 1. The first-order chi connectivity index (χ1) is 9.44. The van der Waals surface area contributed by atoms with Gasteiger partial charge in [0.15, 0.2) is 0 Å². The van der Waals surface area contributed by atoms with Gasteiger partial charge in [-0.15, -0.1) is 0 Å². The molecule has 0 aromatic heterocycles. The largest absolute Gasteiger partial charge is 0.394 e. The van der Waals surface area contributed by atoms with Gasteiger partial charge in [0.2, 0.25) is 15.9 Å². The van der Waals surface area contributed by atoms with Crippen LogP contribution in [0.1, 0.15) is 19.8 Å². The van der Waals surface area contributed by atoms with Crippen LogP contribution in [0, 0.1) is 5.92 Å². The molecule has 0 aromatic rings. The molecule has 1 fully saturated rings. The summed E-state index contributed by atoms with van der Waals surface area (Å²) in [7, 11) is -1.66. The first-order valence-corrected chi connectivity index (χ1v) is 8.43. The topological polar surface area (TPSA) is 95.9 Å². The SMILES string of the molecule is CCS(=O)(=O)N1CCC(C(=O)NC(CO)COC)CC1. The van der Waals surface area contributed by atoms with Gasteiger partial charge in [-0.2, -0.15) is 0 Å². The van der Waals surface area contributed by atoms with E-state index in [1.807, 2.05) is 0 Å². The van der Waals surface area contributed by atoms with Crippen molar-refractivity contribution < 1.29 is 23.1 Å². The number of rotatable bonds is 7. The summed E-state index contributed by atoms with van der Waals surface area (Å²) < 4.78 is 29.8. The van der Waals surface area contributed by atoms with Crippen molar-refractivity contribution in [3.8, 4) is 0 Å². The van der Waals surface area contributed by atoms with Gasteiger partial charge in [0.1, 0.15) is 0 Å². The van der Waals surface area contributed by atoms with Crippen molar-refractivity contribution in [2.75, 3.05) is 39.2 Å². The van der Waals surface area contributed by atoms with Crippen LogP contribution >= 0.6 is 0 Å². The third kappa shape index (κ3) is 4.69. The molecular formula is C12H24N2O5S. The lowest BCUT2D eigenvalue weighted by Crippen LogP contribution is -2.47. The molecule has 1 amide bonds. The maximum Gasteiger partial charge on any atom is 0.223 e. The van der Waals surface area contributed by atoms with Gasteiger partial charge in [-0.3, -0.25) is 4.79 Å². The van der Waals surface area contributed by atoms with Gasteiger partial charge in [-0.1, -0.05) is 0 Å². The molecule has 1 aliphatic rings. The molecule has 7 nitrogen and oxygen atoms in total. The Hall–Kier alpha value is -0.700. The first-order valence-electron chi connectivity index (χ1n) is 6.82. The number of carbonyl (C=O) groups is 1. The molecule has 0 saturated carbocycles. The Labute approximate surface area is 120 Å². The highest BCUT2D eigenvalue weighted by molar-refractivity contribution is 7.89. The van der Waals surface area contributed by atoms with Gasteiger partial charge in [-0.05, 0) is 19.8 Å². The molecule has 1 saturated heterocycles. The lowest BCUT2D eigenvalue weighted by Gasteiger charge is -2.31. The van der Waals surface area contributed by atoms with E-state index in [-0.39, 0.29) is 30.8 Å². The third-order valence-electron chi connectivity index (χ3n) is 3.52. The molecule has 1 atom stereocenters. The summed E-state index contributed by atoms with van der Waals surface area (Å²) in [4.78, 5) is 12.0. The Kier molecular flexibility index (Phi) is 6.87. The van der Waals surface area contributed by atoms with E-state index in [0.717, 1.165) is 0 Å². The van der Waals surface area contributed by atoms with E-state index in [1.165, 1.54) is 11.4 Å². The normalized spacial score (nSPS) is 19.8. The third-order valence-corrected chi connectivity index (χ3v) is 5.40. The molecule has 20 heavy (non-hydrogen) atoms. The van der Waals surface area contributed by atoms with Crippen LogP contribution in [0.2, 0.25) is 0 Å². The van der Waals surface area contributed by atoms with E-state index in [2.05, 4.69) is 5.32 Å². The number of carbonyl (C=O) groups excluding carboxylic acids is 1. The highest BCUT2D eigenvalue weighted by atomic mass is 32.2. The van der Waals surface area contributed by atoms with E-state index < -0.39 is 16.1 Å². The van der Waals surface area contributed by atoms with Crippen molar-refractivity contribution in [2.45, 2.75) is 25.8 Å². The Morgan fingerprint density at radius 3 is 2.50 bits per heavy atom. The maximum atomic E-state index is 12.0. The molecular weight excluding hydrogens is 284 g/mol. The summed E-state index contributed by atoms with van der Waals surface area (Å²) in [6, 6.07) is -0.412. The minimum Gasteiger partial charge on any atom is -0.394 e. The number of hydrogen-bond donors (Lipinski definition) is 2. The minimum atomic E-state index is -3.17. The molecule has 1 heterocycles. The van der Waals surface area contributed by atoms with Gasteiger partial charge < -0.3 is 15.2 Å². The smallest absolute Gasteiger partial charge is 0.223 e. The van der Waals surface area contributed by atoms with Crippen LogP contribution in [0.15, 0.2) is 0 Å². The van der Waals surface area contributed by atoms with Crippen molar-refractivity contribution >= 4 is 15.9 Å². The average molecular weight is 308 g/mol. The number of piperidine rings is 1. The van der Waals surface area contributed by atoms with Gasteiger partial charge >= 0.3 is 0 Å². The van der Waals surface area contributed by atoms with Gasteiger partial charge in [0.05, 0.1) is 25.0 Å². The number of methoxy groups -OCH3 is 1. The van der Waals surface area contributed by atoms with Crippen LogP contribution in [-0.2, 0) is 19.6 Å². The van der Waals surface area contributed by atoms with E-state index in [9.17, 15) is 13.2 Å². The van der Waals surface area contributed by atoms with Crippen LogP contribution in [0.3, 0.4) is 0 Å². The second-order valence-corrected chi connectivity index (χ2v) is 7.17. The first kappa shape index (κ1) is 17.4. The number of aliphatic hydroxyl groups is 1. The zero-order valence-corrected chi connectivity index (χ0v) is 12.9. The van der Waals surface area contributed by atoms with Crippen molar-refractivity contribution in [3.05, 3.63) is 0 Å². The molecule has 1 rings (SSSR count). The molecule has 1 unspecified atom stereocenters. The van der Waals surface area contributed by atoms with Crippen LogP contribution in [0.4, 0.5) is 0 Å². The second kappa shape index (κ2) is 7.92. The summed E-state index contributed by atoms with van der Waals surface area (Å²) in [5, 5.41) is 11.8. The predicted octanol–water partition coefficient (Wildman–Crippen LogP) is -0.828. The fourth-order valence-electron chi connectivity index (χ4n) is 2.24. The van der Waals surface area contributed by atoms with Gasteiger partial charge in [0, 0.05) is 26.1 Å². The number of nitrogens with zero attached hydrogens (tertiary/aromatic N) is 1. The van der Waals surface area contributed by atoms with Gasteiger partial charge in [0.25, 0.3) is 0 Å². The number of hydrogen-bond acceptors (Lipinski definition) is 5. The van der Waals surface area contributed by atoms with Crippen molar-refractivity contribution in [1.82, 2.24) is 9.62 Å². The Bertz CT molecular complexity index is 404. The van der Waals surface area contributed by atoms with Crippen LogP contribution < -0.4 is 5.32 Å².